The summed E-state index contributed by atoms with van der Waals surface area (Å²) in [6.45, 7) is 3.16. The second-order valence-electron chi connectivity index (χ2n) is 5.84. The summed E-state index contributed by atoms with van der Waals surface area (Å²) < 4.78 is 4.21. The molecule has 1 unspecified atom stereocenters. The molecule has 0 bridgehead atoms. The summed E-state index contributed by atoms with van der Waals surface area (Å²) in [6.07, 6.45) is 7.66. The molecule has 1 fully saturated rings. The number of aryl methyl sites for hydroxylation is 1. The number of anilines is 1. The lowest BCUT2D eigenvalue weighted by atomic mass is 10.2. The van der Waals surface area contributed by atoms with Gasteiger partial charge in [0.1, 0.15) is 5.82 Å². The first kappa shape index (κ1) is 13.8. The van der Waals surface area contributed by atoms with Crippen molar-refractivity contribution in [1.29, 1.82) is 0 Å². The summed E-state index contributed by atoms with van der Waals surface area (Å²) in [5.41, 5.74) is 4.13. The van der Waals surface area contributed by atoms with E-state index < -0.39 is 0 Å². The van der Waals surface area contributed by atoms with Crippen molar-refractivity contribution in [3.8, 4) is 0 Å². The molecule has 1 atom stereocenters. The van der Waals surface area contributed by atoms with Gasteiger partial charge in [0.25, 0.3) is 0 Å². The minimum atomic E-state index is -0.0300. The number of rotatable bonds is 5. The molecule has 0 aromatic carbocycles. The van der Waals surface area contributed by atoms with Crippen LogP contribution in [0, 0.1) is 5.92 Å². The molecule has 0 spiro atoms. The van der Waals surface area contributed by atoms with E-state index >= 15 is 0 Å². The molecular weight excluding hydrogens is 294 g/mol. The number of aromatic nitrogens is 3. The fraction of sp³-hybridized carbons (Fsp3) is 0.438. The molecular formula is C16H19N5S. The van der Waals surface area contributed by atoms with Crippen molar-refractivity contribution >= 4 is 23.3 Å². The fourth-order valence-electron chi connectivity index (χ4n) is 2.62. The molecule has 2 aromatic rings. The molecule has 1 saturated carbocycles. The van der Waals surface area contributed by atoms with Gasteiger partial charge in [-0.1, -0.05) is 13.0 Å². The third-order valence-electron chi connectivity index (χ3n) is 4.06. The minimum absolute atomic E-state index is 0.0300. The molecule has 2 aliphatic rings. The van der Waals surface area contributed by atoms with Crippen LogP contribution in [0.15, 0.2) is 35.6 Å². The number of hydrogen-bond donors (Lipinski definition) is 0. The van der Waals surface area contributed by atoms with Crippen LogP contribution >= 0.6 is 11.9 Å². The highest BCUT2D eigenvalue weighted by Gasteiger charge is 2.28. The van der Waals surface area contributed by atoms with E-state index in [1.165, 1.54) is 12.8 Å². The zero-order valence-electron chi connectivity index (χ0n) is 12.6. The standard InChI is InChI=1S/C16H19N5S/c1-2-14-4-3-5-15(19-14)21-16(17-11-22-21)13-8-18-20(10-13)9-12-6-7-12/h3-5,8,10-12,16H,2,6-7,9H2,1H3. The molecule has 5 nitrogen and oxygen atoms in total. The summed E-state index contributed by atoms with van der Waals surface area (Å²) >= 11 is 1.60. The molecule has 1 aliphatic heterocycles. The van der Waals surface area contributed by atoms with Gasteiger partial charge in [0, 0.05) is 35.9 Å². The van der Waals surface area contributed by atoms with Crippen molar-refractivity contribution in [2.45, 2.75) is 38.9 Å². The molecule has 114 valence electrons. The van der Waals surface area contributed by atoms with Gasteiger partial charge in [-0.15, -0.1) is 0 Å². The lowest BCUT2D eigenvalue weighted by Crippen LogP contribution is -2.17. The van der Waals surface area contributed by atoms with Crippen LogP contribution in [0.4, 0.5) is 5.82 Å². The van der Waals surface area contributed by atoms with Crippen molar-refractivity contribution in [3.63, 3.8) is 0 Å². The Hall–Kier alpha value is -1.82. The maximum absolute atomic E-state index is 4.71. The molecule has 3 heterocycles. The van der Waals surface area contributed by atoms with E-state index in [1.807, 2.05) is 17.8 Å². The monoisotopic (exact) mass is 313 g/mol. The van der Waals surface area contributed by atoms with E-state index in [9.17, 15) is 0 Å². The van der Waals surface area contributed by atoms with Gasteiger partial charge in [-0.2, -0.15) is 5.10 Å². The molecule has 0 saturated heterocycles. The number of hydrogen-bond acceptors (Lipinski definition) is 5. The van der Waals surface area contributed by atoms with Crippen LogP contribution in [0.2, 0.25) is 0 Å². The Morgan fingerprint density at radius 2 is 2.23 bits per heavy atom. The van der Waals surface area contributed by atoms with E-state index in [1.54, 1.807) is 11.9 Å². The highest BCUT2D eigenvalue weighted by molar-refractivity contribution is 8.13. The van der Waals surface area contributed by atoms with Crippen LogP contribution in [-0.4, -0.2) is 20.3 Å². The first-order valence-electron chi connectivity index (χ1n) is 7.79. The summed E-state index contributed by atoms with van der Waals surface area (Å²) in [6, 6.07) is 6.17. The number of aliphatic imine (C=N–C) groups is 1. The third kappa shape index (κ3) is 2.75. The van der Waals surface area contributed by atoms with Crippen LogP contribution in [0.25, 0.3) is 0 Å². The number of nitrogens with zero attached hydrogens (tertiary/aromatic N) is 5. The van der Waals surface area contributed by atoms with Gasteiger partial charge >= 0.3 is 0 Å². The summed E-state index contributed by atoms with van der Waals surface area (Å²) in [5.74, 6) is 1.79. The average molecular weight is 313 g/mol. The Labute approximate surface area is 134 Å². The Kier molecular flexibility index (Phi) is 3.62. The van der Waals surface area contributed by atoms with Gasteiger partial charge in [0.2, 0.25) is 0 Å². The van der Waals surface area contributed by atoms with E-state index in [4.69, 9.17) is 4.98 Å². The quantitative estimate of drug-likeness (QED) is 0.793. The van der Waals surface area contributed by atoms with E-state index in [0.717, 1.165) is 36.0 Å². The topological polar surface area (TPSA) is 46.3 Å². The van der Waals surface area contributed by atoms with Gasteiger partial charge in [-0.25, -0.2) is 4.98 Å². The predicted octanol–water partition coefficient (Wildman–Crippen LogP) is 3.45. The lowest BCUT2D eigenvalue weighted by molar-refractivity contribution is 0.562. The molecule has 0 N–H and O–H groups in total. The van der Waals surface area contributed by atoms with Gasteiger partial charge < -0.3 is 0 Å². The van der Waals surface area contributed by atoms with Crippen molar-refractivity contribution in [2.24, 2.45) is 10.9 Å². The Bertz CT molecular complexity index is 691. The minimum Gasteiger partial charge on any atom is -0.272 e. The normalized spacial score (nSPS) is 20.8. The molecule has 6 heteroatoms. The fourth-order valence-corrected chi connectivity index (χ4v) is 3.39. The Balaban J connectivity index is 1.56. The van der Waals surface area contributed by atoms with E-state index in [-0.39, 0.29) is 6.17 Å². The maximum atomic E-state index is 4.71. The van der Waals surface area contributed by atoms with Gasteiger partial charge in [-0.05, 0) is 37.3 Å². The maximum Gasteiger partial charge on any atom is 0.162 e. The average Bonchev–Trinajstić information content (AvgIpc) is 3.03. The third-order valence-corrected chi connectivity index (χ3v) is 4.89. The lowest BCUT2D eigenvalue weighted by Gasteiger charge is -2.21. The zero-order valence-corrected chi connectivity index (χ0v) is 13.4. The van der Waals surface area contributed by atoms with Crippen LogP contribution in [0.3, 0.4) is 0 Å². The van der Waals surface area contributed by atoms with E-state index in [0.29, 0.717) is 0 Å². The SMILES string of the molecule is CCc1cccc(N2SC=NC2c2cnn(CC3CC3)c2)n1. The zero-order chi connectivity index (χ0) is 14.9. The van der Waals surface area contributed by atoms with Crippen LogP contribution in [0.5, 0.6) is 0 Å². The largest absolute Gasteiger partial charge is 0.272 e. The van der Waals surface area contributed by atoms with Gasteiger partial charge in [0.15, 0.2) is 6.17 Å². The van der Waals surface area contributed by atoms with Crippen molar-refractivity contribution in [2.75, 3.05) is 4.31 Å². The van der Waals surface area contributed by atoms with Crippen molar-refractivity contribution < 1.29 is 0 Å². The molecule has 2 aromatic heterocycles. The van der Waals surface area contributed by atoms with E-state index in [2.05, 4.69) is 44.3 Å². The van der Waals surface area contributed by atoms with Crippen LogP contribution in [-0.2, 0) is 13.0 Å². The molecule has 4 rings (SSSR count). The summed E-state index contributed by atoms with van der Waals surface area (Å²) in [4.78, 5) is 9.31. The van der Waals surface area contributed by atoms with Crippen molar-refractivity contribution in [3.05, 3.63) is 41.9 Å². The first-order valence-corrected chi connectivity index (χ1v) is 8.63. The number of pyridine rings is 1. The summed E-state index contributed by atoms with van der Waals surface area (Å²) in [5, 5.41) is 4.49. The molecule has 0 radical (unpaired) electrons. The molecule has 22 heavy (non-hydrogen) atoms. The van der Waals surface area contributed by atoms with Crippen LogP contribution < -0.4 is 4.31 Å². The first-order chi connectivity index (χ1) is 10.8. The molecule has 0 amide bonds. The van der Waals surface area contributed by atoms with Gasteiger partial charge in [-0.3, -0.25) is 14.0 Å². The van der Waals surface area contributed by atoms with Crippen molar-refractivity contribution in [1.82, 2.24) is 14.8 Å². The smallest absolute Gasteiger partial charge is 0.162 e. The Morgan fingerprint density at radius 3 is 3.05 bits per heavy atom. The molecule has 1 aliphatic carbocycles. The highest BCUT2D eigenvalue weighted by atomic mass is 32.2. The summed E-state index contributed by atoms with van der Waals surface area (Å²) in [7, 11) is 0. The Morgan fingerprint density at radius 1 is 1.32 bits per heavy atom. The highest BCUT2D eigenvalue weighted by Crippen LogP contribution is 2.37. The van der Waals surface area contributed by atoms with Crippen LogP contribution in [0.1, 0.15) is 37.2 Å². The second kappa shape index (κ2) is 5.76. The predicted molar refractivity (Wildman–Crippen MR) is 89.9 cm³/mol. The second-order valence-corrected chi connectivity index (χ2v) is 6.65. The van der Waals surface area contributed by atoms with Gasteiger partial charge in [0.05, 0.1) is 11.7 Å².